The molecular formula is C16H17F. The summed E-state index contributed by atoms with van der Waals surface area (Å²) in [5, 5.41) is 0. The maximum atomic E-state index is 14.0. The van der Waals surface area contributed by atoms with E-state index in [-0.39, 0.29) is 5.82 Å². The Bertz CT molecular complexity index is 568. The van der Waals surface area contributed by atoms with Crippen LogP contribution in [-0.2, 0) is 0 Å². The lowest BCUT2D eigenvalue weighted by molar-refractivity contribution is 0.629. The fraction of sp³-hybridized carbons (Fsp3) is 0.250. The number of hydrogen-bond donors (Lipinski definition) is 0. The second-order valence-electron chi connectivity index (χ2n) is 4.73. The van der Waals surface area contributed by atoms with Gasteiger partial charge in [0.2, 0.25) is 0 Å². The predicted octanol–water partition coefficient (Wildman–Crippen LogP) is 4.73. The number of aryl methyl sites for hydroxylation is 4. The van der Waals surface area contributed by atoms with E-state index >= 15 is 0 Å². The Morgan fingerprint density at radius 1 is 0.706 bits per heavy atom. The normalized spacial score (nSPS) is 10.6. The monoisotopic (exact) mass is 228 g/mol. The molecule has 0 bridgehead atoms. The summed E-state index contributed by atoms with van der Waals surface area (Å²) in [6.45, 7) is 8.02. The summed E-state index contributed by atoms with van der Waals surface area (Å²) >= 11 is 0. The largest absolute Gasteiger partial charge is 0.206 e. The molecule has 88 valence electrons. The van der Waals surface area contributed by atoms with Crippen LogP contribution in [0, 0.1) is 33.5 Å². The molecule has 0 aliphatic rings. The predicted molar refractivity (Wildman–Crippen MR) is 70.8 cm³/mol. The lowest BCUT2D eigenvalue weighted by Gasteiger charge is -2.11. The first kappa shape index (κ1) is 11.8. The molecule has 1 heteroatoms. The molecule has 0 heterocycles. The molecule has 0 aromatic heterocycles. The molecule has 0 fully saturated rings. The molecular weight excluding hydrogens is 211 g/mol. The van der Waals surface area contributed by atoms with E-state index < -0.39 is 0 Å². The molecule has 0 saturated carbocycles. The van der Waals surface area contributed by atoms with Gasteiger partial charge in [0.15, 0.2) is 0 Å². The van der Waals surface area contributed by atoms with Crippen molar-refractivity contribution in [3.63, 3.8) is 0 Å². The summed E-state index contributed by atoms with van der Waals surface area (Å²) < 4.78 is 14.0. The second-order valence-corrected chi connectivity index (χ2v) is 4.73. The number of halogens is 1. The third-order valence-electron chi connectivity index (χ3n) is 3.26. The molecule has 0 nitrogen and oxygen atoms in total. The first-order valence-corrected chi connectivity index (χ1v) is 5.83. The van der Waals surface area contributed by atoms with E-state index in [9.17, 15) is 4.39 Å². The Kier molecular flexibility index (Phi) is 3.01. The second kappa shape index (κ2) is 4.33. The van der Waals surface area contributed by atoms with Crippen molar-refractivity contribution in [1.82, 2.24) is 0 Å². The van der Waals surface area contributed by atoms with E-state index in [2.05, 4.69) is 6.07 Å². The summed E-state index contributed by atoms with van der Waals surface area (Å²) in [4.78, 5) is 0. The van der Waals surface area contributed by atoms with Crippen LogP contribution in [0.25, 0.3) is 11.1 Å². The lowest BCUT2D eigenvalue weighted by atomic mass is 9.95. The van der Waals surface area contributed by atoms with E-state index in [0.717, 1.165) is 22.3 Å². The van der Waals surface area contributed by atoms with Crippen LogP contribution in [0.2, 0.25) is 0 Å². The highest BCUT2D eigenvalue weighted by Crippen LogP contribution is 2.28. The van der Waals surface area contributed by atoms with Crippen LogP contribution in [0.5, 0.6) is 0 Å². The smallest absolute Gasteiger partial charge is 0.131 e. The molecule has 2 rings (SSSR count). The first-order valence-electron chi connectivity index (χ1n) is 5.83. The molecule has 2 aromatic rings. The van der Waals surface area contributed by atoms with E-state index in [1.165, 1.54) is 5.56 Å². The van der Waals surface area contributed by atoms with Crippen LogP contribution in [0.3, 0.4) is 0 Å². The molecule has 0 spiro atoms. The van der Waals surface area contributed by atoms with E-state index in [4.69, 9.17) is 0 Å². The van der Waals surface area contributed by atoms with Gasteiger partial charge < -0.3 is 0 Å². The third-order valence-corrected chi connectivity index (χ3v) is 3.26. The fourth-order valence-corrected chi connectivity index (χ4v) is 2.10. The zero-order valence-electron chi connectivity index (χ0n) is 10.8. The maximum absolute atomic E-state index is 14.0. The van der Waals surface area contributed by atoms with Crippen molar-refractivity contribution < 1.29 is 4.39 Å². The molecule has 0 unspecified atom stereocenters. The SMILES string of the molecule is Cc1ccc(-c2cc(C)c(C)cc2F)c(C)c1. The zero-order valence-corrected chi connectivity index (χ0v) is 10.8. The Morgan fingerprint density at radius 2 is 1.35 bits per heavy atom. The van der Waals surface area contributed by atoms with Crippen LogP contribution < -0.4 is 0 Å². The molecule has 0 atom stereocenters. The van der Waals surface area contributed by atoms with E-state index in [1.807, 2.05) is 45.9 Å². The van der Waals surface area contributed by atoms with Crippen molar-refractivity contribution in [3.8, 4) is 11.1 Å². The highest BCUT2D eigenvalue weighted by molar-refractivity contribution is 5.69. The van der Waals surface area contributed by atoms with Gasteiger partial charge in [-0.05, 0) is 62.1 Å². The van der Waals surface area contributed by atoms with E-state index in [1.54, 1.807) is 6.07 Å². The third kappa shape index (κ3) is 2.23. The van der Waals surface area contributed by atoms with Crippen LogP contribution >= 0.6 is 0 Å². The van der Waals surface area contributed by atoms with Crippen molar-refractivity contribution in [2.75, 3.05) is 0 Å². The Morgan fingerprint density at radius 3 is 2.00 bits per heavy atom. The molecule has 0 saturated heterocycles. The van der Waals surface area contributed by atoms with Crippen molar-refractivity contribution in [1.29, 1.82) is 0 Å². The maximum Gasteiger partial charge on any atom is 0.131 e. The van der Waals surface area contributed by atoms with Crippen molar-refractivity contribution >= 4 is 0 Å². The Hall–Kier alpha value is -1.63. The number of rotatable bonds is 1. The van der Waals surface area contributed by atoms with Gasteiger partial charge >= 0.3 is 0 Å². The summed E-state index contributed by atoms with van der Waals surface area (Å²) in [6, 6.07) is 9.66. The standard InChI is InChI=1S/C16H17F/c1-10-5-6-14(13(4)7-10)15-8-11(2)12(3)9-16(15)17/h5-9H,1-4H3. The molecule has 0 radical (unpaired) electrons. The summed E-state index contributed by atoms with van der Waals surface area (Å²) in [7, 11) is 0. The minimum Gasteiger partial charge on any atom is -0.206 e. The Labute approximate surface area is 102 Å². The fourth-order valence-electron chi connectivity index (χ4n) is 2.10. The highest BCUT2D eigenvalue weighted by Gasteiger charge is 2.09. The topological polar surface area (TPSA) is 0 Å². The van der Waals surface area contributed by atoms with Crippen molar-refractivity contribution in [2.24, 2.45) is 0 Å². The first-order chi connectivity index (χ1) is 7.99. The molecule has 0 aliphatic carbocycles. The van der Waals surface area contributed by atoms with Gasteiger partial charge in [0.25, 0.3) is 0 Å². The van der Waals surface area contributed by atoms with Gasteiger partial charge in [-0.2, -0.15) is 0 Å². The van der Waals surface area contributed by atoms with Crippen LogP contribution in [-0.4, -0.2) is 0 Å². The lowest BCUT2D eigenvalue weighted by Crippen LogP contribution is -1.92. The number of benzene rings is 2. The quantitative estimate of drug-likeness (QED) is 0.662. The highest BCUT2D eigenvalue weighted by atomic mass is 19.1. The van der Waals surface area contributed by atoms with Crippen LogP contribution in [0.15, 0.2) is 30.3 Å². The Balaban J connectivity index is 2.64. The van der Waals surface area contributed by atoms with Crippen LogP contribution in [0.4, 0.5) is 4.39 Å². The average Bonchev–Trinajstić information content (AvgIpc) is 2.24. The van der Waals surface area contributed by atoms with Gasteiger partial charge in [-0.1, -0.05) is 23.8 Å². The zero-order chi connectivity index (χ0) is 12.6. The summed E-state index contributed by atoms with van der Waals surface area (Å²) in [5.41, 5.74) is 6.13. The van der Waals surface area contributed by atoms with Gasteiger partial charge in [0, 0.05) is 5.56 Å². The molecule has 2 aromatic carbocycles. The van der Waals surface area contributed by atoms with Crippen molar-refractivity contribution in [3.05, 3.63) is 58.4 Å². The number of hydrogen-bond acceptors (Lipinski definition) is 0. The molecule has 0 amide bonds. The van der Waals surface area contributed by atoms with Gasteiger partial charge in [0.05, 0.1) is 0 Å². The van der Waals surface area contributed by atoms with E-state index in [0.29, 0.717) is 5.56 Å². The minimum absolute atomic E-state index is 0.139. The molecule has 0 N–H and O–H groups in total. The average molecular weight is 228 g/mol. The molecule has 0 aliphatic heterocycles. The van der Waals surface area contributed by atoms with Gasteiger partial charge in [-0.3, -0.25) is 0 Å². The van der Waals surface area contributed by atoms with Gasteiger partial charge in [0.1, 0.15) is 5.82 Å². The minimum atomic E-state index is -0.139. The van der Waals surface area contributed by atoms with Gasteiger partial charge in [-0.25, -0.2) is 4.39 Å². The van der Waals surface area contributed by atoms with Crippen molar-refractivity contribution in [2.45, 2.75) is 27.7 Å². The van der Waals surface area contributed by atoms with Crippen LogP contribution in [0.1, 0.15) is 22.3 Å². The van der Waals surface area contributed by atoms with Gasteiger partial charge in [-0.15, -0.1) is 0 Å². The summed E-state index contributed by atoms with van der Waals surface area (Å²) in [5.74, 6) is -0.139. The molecule has 17 heavy (non-hydrogen) atoms. The summed E-state index contributed by atoms with van der Waals surface area (Å²) in [6.07, 6.45) is 0.